The topological polar surface area (TPSA) is 243 Å². The number of nitrogens with zero attached hydrogens (tertiary/aromatic N) is 1. The number of ketones is 1. The molecule has 1 aromatic rings. The number of amides is 6. The molecule has 2 aliphatic rings. The van der Waals surface area contributed by atoms with E-state index in [0.29, 0.717) is 25.7 Å². The number of likely N-dealkylation sites (tertiary alicyclic amines) is 1. The Bertz CT molecular complexity index is 1520. The number of hydrogen-bond acceptors (Lipinski definition) is 9. The molecule has 0 aromatic heterocycles. The molecule has 3 rings (SSSR count). The van der Waals surface area contributed by atoms with Gasteiger partial charge in [0.05, 0.1) is 25.1 Å². The molecule has 0 spiro atoms. The van der Waals surface area contributed by atoms with E-state index in [1.165, 1.54) is 4.90 Å². The van der Waals surface area contributed by atoms with Gasteiger partial charge in [0.15, 0.2) is 0 Å². The molecule has 5 atom stereocenters. The van der Waals surface area contributed by atoms with E-state index in [2.05, 4.69) is 21.3 Å². The minimum atomic E-state index is -1.33. The van der Waals surface area contributed by atoms with Crippen LogP contribution in [-0.2, 0) is 49.5 Å². The number of aliphatic carboxylic acids is 1. The number of carbonyl (C=O) groups excluding carboxylic acids is 7. The minimum Gasteiger partial charge on any atom is -0.480 e. The van der Waals surface area contributed by atoms with Crippen LogP contribution in [0.25, 0.3) is 0 Å². The molecule has 1 saturated heterocycles. The molecular weight excluding hydrogens is 700 g/mol. The third-order valence-electron chi connectivity index (χ3n) is 9.84. The first-order valence-electron chi connectivity index (χ1n) is 18.8. The van der Waals surface area contributed by atoms with E-state index in [4.69, 9.17) is 10.5 Å². The first kappa shape index (κ1) is 43.5. The Morgan fingerprint density at radius 1 is 0.907 bits per heavy atom. The lowest BCUT2D eigenvalue weighted by atomic mass is 9.83. The van der Waals surface area contributed by atoms with Crippen LogP contribution in [0.5, 0.6) is 0 Å². The number of unbranched alkanes of at least 4 members (excludes halogenated alkanes) is 1. The molecule has 6 amide bonds. The second-order valence-electron chi connectivity index (χ2n) is 14.4. The number of rotatable bonds is 20. The Morgan fingerprint density at radius 3 is 2.17 bits per heavy atom. The number of aryl methyl sites for hydroxylation is 2. The largest absolute Gasteiger partial charge is 0.480 e. The first-order chi connectivity index (χ1) is 25.6. The SMILES string of the molecule is CCCCC(NC(=O)CNC(=O)C(=O)C(CC)NC(=O)[C@@H]1C[C@@H](OCC(=O)O)CN1C(=O)C(NC(=O)Cc1cc(C)cc(C)c1)C1CCCCC1)C(N)=O. The number of primary amides is 1. The molecule has 16 heteroatoms. The van der Waals surface area contributed by atoms with E-state index in [-0.39, 0.29) is 37.6 Å². The molecule has 2 fully saturated rings. The van der Waals surface area contributed by atoms with Gasteiger partial charge in [-0.15, -0.1) is 0 Å². The molecule has 3 unspecified atom stereocenters. The fourth-order valence-corrected chi connectivity index (χ4v) is 7.17. The van der Waals surface area contributed by atoms with Gasteiger partial charge in [-0.3, -0.25) is 33.6 Å². The quantitative estimate of drug-likeness (QED) is 0.102. The van der Waals surface area contributed by atoms with Gasteiger partial charge in [-0.1, -0.05) is 75.3 Å². The van der Waals surface area contributed by atoms with Crippen LogP contribution in [-0.4, -0.2) is 107 Å². The summed E-state index contributed by atoms with van der Waals surface area (Å²) in [5.41, 5.74) is 8.15. The van der Waals surface area contributed by atoms with E-state index in [0.717, 1.165) is 42.4 Å². The second-order valence-corrected chi connectivity index (χ2v) is 14.4. The number of benzene rings is 1. The Kier molecular flexibility index (Phi) is 17.0. The molecule has 298 valence electrons. The summed E-state index contributed by atoms with van der Waals surface area (Å²) in [6.07, 6.45) is 4.92. The number of ether oxygens (including phenoxy) is 1. The molecule has 54 heavy (non-hydrogen) atoms. The van der Waals surface area contributed by atoms with Gasteiger partial charge in [-0.05, 0) is 51.0 Å². The van der Waals surface area contributed by atoms with E-state index in [1.54, 1.807) is 6.92 Å². The zero-order valence-corrected chi connectivity index (χ0v) is 31.7. The molecule has 7 N–H and O–H groups in total. The number of nitrogens with two attached hydrogens (primary N) is 1. The van der Waals surface area contributed by atoms with Crippen molar-refractivity contribution in [3.8, 4) is 0 Å². The number of carbonyl (C=O) groups is 8. The van der Waals surface area contributed by atoms with Crippen LogP contribution in [0.1, 0.15) is 94.7 Å². The fraction of sp³-hybridized carbons (Fsp3) is 0.632. The summed E-state index contributed by atoms with van der Waals surface area (Å²) < 4.78 is 5.51. The van der Waals surface area contributed by atoms with Crippen molar-refractivity contribution in [2.75, 3.05) is 19.7 Å². The van der Waals surface area contributed by atoms with E-state index < -0.39 is 84.7 Å². The molecule has 1 aliphatic heterocycles. The van der Waals surface area contributed by atoms with Crippen LogP contribution < -0.4 is 27.0 Å². The molecule has 16 nitrogen and oxygen atoms in total. The third kappa shape index (κ3) is 13.2. The lowest BCUT2D eigenvalue weighted by Crippen LogP contribution is -2.58. The van der Waals surface area contributed by atoms with Crippen LogP contribution >= 0.6 is 0 Å². The lowest BCUT2D eigenvalue weighted by Gasteiger charge is -2.35. The molecule has 0 bridgehead atoms. The summed E-state index contributed by atoms with van der Waals surface area (Å²) in [5.74, 6) is -6.72. The standard InChI is InChI=1S/C38H56N6O10/c1-5-7-13-28(35(39)50)41-31(46)19-40-37(52)34(49)27(6-2)42-36(51)29-18-26(54-21-32(47)48)20-44(29)38(53)33(25-11-9-8-10-12-25)43-30(45)17-24-15-22(3)14-23(4)16-24/h14-16,25-29,33H,5-13,17-21H2,1-4H3,(H2,39,50)(H,40,52)(H,41,46)(H,42,51)(H,43,45)(H,47,48)/t26-,27?,28?,29+,33?/m1/s1. The summed E-state index contributed by atoms with van der Waals surface area (Å²) in [6.45, 7) is 5.93. The summed E-state index contributed by atoms with van der Waals surface area (Å²) >= 11 is 0. The first-order valence-corrected chi connectivity index (χ1v) is 18.8. The van der Waals surface area contributed by atoms with E-state index >= 15 is 0 Å². The van der Waals surface area contributed by atoms with E-state index in [1.807, 2.05) is 39.0 Å². The van der Waals surface area contributed by atoms with Gasteiger partial charge in [0, 0.05) is 13.0 Å². The van der Waals surface area contributed by atoms with Gasteiger partial charge in [0.2, 0.25) is 35.3 Å². The Labute approximate surface area is 316 Å². The van der Waals surface area contributed by atoms with Gasteiger partial charge in [-0.25, -0.2) is 4.79 Å². The van der Waals surface area contributed by atoms with Gasteiger partial charge in [-0.2, -0.15) is 0 Å². The number of carboxylic acid groups (broad SMARTS) is 1. The monoisotopic (exact) mass is 756 g/mol. The highest BCUT2D eigenvalue weighted by Crippen LogP contribution is 2.30. The predicted octanol–water partition coefficient (Wildman–Crippen LogP) is 0.722. The maximum Gasteiger partial charge on any atom is 0.329 e. The molecule has 1 heterocycles. The number of nitrogens with one attached hydrogen (secondary N) is 4. The lowest BCUT2D eigenvalue weighted by molar-refractivity contribution is -0.145. The molecule has 1 aromatic carbocycles. The van der Waals surface area contributed by atoms with Crippen LogP contribution in [0.4, 0.5) is 0 Å². The minimum absolute atomic E-state index is 0.0102. The highest BCUT2D eigenvalue weighted by atomic mass is 16.5. The van der Waals surface area contributed by atoms with Crippen molar-refractivity contribution < 1.29 is 48.2 Å². The maximum atomic E-state index is 14.4. The normalized spacial score (nSPS) is 18.9. The van der Waals surface area contributed by atoms with Crippen molar-refractivity contribution >= 4 is 47.2 Å². The van der Waals surface area contributed by atoms with Crippen LogP contribution in [0.3, 0.4) is 0 Å². The van der Waals surface area contributed by atoms with Crippen molar-refractivity contribution in [1.29, 1.82) is 0 Å². The van der Waals surface area contributed by atoms with Crippen LogP contribution in [0.2, 0.25) is 0 Å². The summed E-state index contributed by atoms with van der Waals surface area (Å²) in [6, 6.07) is 1.38. The molecule has 1 aliphatic carbocycles. The zero-order valence-electron chi connectivity index (χ0n) is 31.7. The van der Waals surface area contributed by atoms with Gasteiger partial charge >= 0.3 is 5.97 Å². The highest BCUT2D eigenvalue weighted by Gasteiger charge is 2.45. The fourth-order valence-electron chi connectivity index (χ4n) is 7.17. The average molecular weight is 757 g/mol. The Hall–Kier alpha value is -4.86. The molecule has 0 radical (unpaired) electrons. The summed E-state index contributed by atoms with van der Waals surface area (Å²) in [4.78, 5) is 104. The van der Waals surface area contributed by atoms with Crippen molar-refractivity contribution in [1.82, 2.24) is 26.2 Å². The Morgan fingerprint density at radius 2 is 1.57 bits per heavy atom. The van der Waals surface area contributed by atoms with Crippen LogP contribution in [0, 0.1) is 19.8 Å². The average Bonchev–Trinajstić information content (AvgIpc) is 3.56. The van der Waals surface area contributed by atoms with Gasteiger partial charge in [0.1, 0.15) is 24.7 Å². The number of Topliss-reactive ketones (excluding diaryl/α,β-unsaturated/α-hetero) is 1. The number of hydrogen-bond donors (Lipinski definition) is 6. The third-order valence-corrected chi connectivity index (χ3v) is 9.84. The van der Waals surface area contributed by atoms with Gasteiger partial charge in [0.25, 0.3) is 5.91 Å². The second kappa shape index (κ2) is 21.1. The zero-order chi connectivity index (χ0) is 39.9. The van der Waals surface area contributed by atoms with Crippen LogP contribution in [0.15, 0.2) is 18.2 Å². The molecule has 1 saturated carbocycles. The van der Waals surface area contributed by atoms with Crippen molar-refractivity contribution in [3.05, 3.63) is 34.9 Å². The maximum absolute atomic E-state index is 14.4. The van der Waals surface area contributed by atoms with Crippen molar-refractivity contribution in [2.45, 2.75) is 129 Å². The smallest absolute Gasteiger partial charge is 0.329 e. The highest BCUT2D eigenvalue weighted by molar-refractivity contribution is 6.38. The van der Waals surface area contributed by atoms with E-state index in [9.17, 15) is 43.5 Å². The predicted molar refractivity (Wildman–Crippen MR) is 197 cm³/mol. The summed E-state index contributed by atoms with van der Waals surface area (Å²) in [5, 5.41) is 19.4. The van der Waals surface area contributed by atoms with Crippen molar-refractivity contribution in [2.24, 2.45) is 11.7 Å². The summed E-state index contributed by atoms with van der Waals surface area (Å²) in [7, 11) is 0. The van der Waals surface area contributed by atoms with Crippen molar-refractivity contribution in [3.63, 3.8) is 0 Å². The number of carboxylic acids is 1. The van der Waals surface area contributed by atoms with Gasteiger partial charge < -0.3 is 41.7 Å². The Balaban J connectivity index is 1.76. The molecular formula is C38H56N6O10.